The van der Waals surface area contributed by atoms with Gasteiger partial charge in [-0.2, -0.15) is 0 Å². The molecule has 1 aliphatic rings. The van der Waals surface area contributed by atoms with E-state index in [-0.39, 0.29) is 0 Å². The second kappa shape index (κ2) is 12.1. The zero-order valence-corrected chi connectivity index (χ0v) is 20.8. The van der Waals surface area contributed by atoms with Crippen molar-refractivity contribution < 1.29 is 9.47 Å². The number of aryl methyl sites for hydroxylation is 1. The molecule has 1 unspecified atom stereocenters. The van der Waals surface area contributed by atoms with Crippen molar-refractivity contribution in [2.45, 2.75) is 64.5 Å². The molecule has 0 saturated carbocycles. The van der Waals surface area contributed by atoms with E-state index in [9.17, 15) is 0 Å². The molecule has 5 heteroatoms. The summed E-state index contributed by atoms with van der Waals surface area (Å²) in [7, 11) is 1.69. The van der Waals surface area contributed by atoms with Gasteiger partial charge in [0.25, 0.3) is 0 Å². The second-order valence-electron chi connectivity index (χ2n) is 9.27. The van der Waals surface area contributed by atoms with Crippen LogP contribution in [0.15, 0.2) is 55.1 Å². The first-order valence-corrected chi connectivity index (χ1v) is 12.8. The summed E-state index contributed by atoms with van der Waals surface area (Å²) in [4.78, 5) is 7.70. The number of methoxy groups -OCH3 is 1. The van der Waals surface area contributed by atoms with E-state index in [0.29, 0.717) is 12.6 Å². The lowest BCUT2D eigenvalue weighted by molar-refractivity contribution is 0.207. The Hall–Kier alpha value is -2.79. The number of ether oxygens (including phenoxy) is 2. The van der Waals surface area contributed by atoms with Crippen LogP contribution in [0.5, 0.6) is 11.5 Å². The molecule has 2 heterocycles. The first kappa shape index (κ1) is 24.3. The van der Waals surface area contributed by atoms with Crippen molar-refractivity contribution in [2.75, 3.05) is 26.8 Å². The normalized spacial score (nSPS) is 15.7. The molecule has 1 fully saturated rings. The van der Waals surface area contributed by atoms with Gasteiger partial charge in [-0.05, 0) is 81.9 Å². The molecule has 0 N–H and O–H groups in total. The zero-order valence-electron chi connectivity index (χ0n) is 20.8. The van der Waals surface area contributed by atoms with Crippen LogP contribution in [0.1, 0.15) is 62.9 Å². The molecular formula is C29H39N3O2. The van der Waals surface area contributed by atoms with E-state index in [1.54, 1.807) is 7.11 Å². The minimum atomic E-state index is 0.333. The lowest BCUT2D eigenvalue weighted by atomic mass is 10.1. The van der Waals surface area contributed by atoms with Crippen molar-refractivity contribution in [1.82, 2.24) is 14.5 Å². The third-order valence-corrected chi connectivity index (χ3v) is 6.89. The van der Waals surface area contributed by atoms with E-state index in [0.717, 1.165) is 42.8 Å². The molecule has 0 amide bonds. The van der Waals surface area contributed by atoms with Crippen LogP contribution >= 0.6 is 0 Å². The van der Waals surface area contributed by atoms with E-state index >= 15 is 0 Å². The zero-order chi connectivity index (χ0) is 23.8. The number of imidazole rings is 1. The Bertz CT molecular complexity index is 1070. The van der Waals surface area contributed by atoms with Crippen molar-refractivity contribution in [2.24, 2.45) is 0 Å². The molecule has 1 atom stereocenters. The fourth-order valence-corrected chi connectivity index (χ4v) is 4.97. The quantitative estimate of drug-likeness (QED) is 0.239. The van der Waals surface area contributed by atoms with Gasteiger partial charge in [-0.1, -0.05) is 37.1 Å². The Morgan fingerprint density at radius 3 is 2.59 bits per heavy atom. The first-order valence-electron chi connectivity index (χ1n) is 12.8. The predicted octanol–water partition coefficient (Wildman–Crippen LogP) is 6.57. The van der Waals surface area contributed by atoms with Crippen LogP contribution in [-0.2, 0) is 13.0 Å². The average Bonchev–Trinajstić information content (AvgIpc) is 3.02. The molecule has 3 aromatic rings. The molecule has 2 aromatic carbocycles. The van der Waals surface area contributed by atoms with E-state index in [4.69, 9.17) is 14.5 Å². The number of nitrogens with zero attached hydrogens (tertiary/aromatic N) is 3. The number of fused-ring (bicyclic) bond motifs is 1. The minimum Gasteiger partial charge on any atom is -0.493 e. The molecule has 1 aliphatic heterocycles. The van der Waals surface area contributed by atoms with Gasteiger partial charge in [0.1, 0.15) is 5.82 Å². The van der Waals surface area contributed by atoms with Crippen molar-refractivity contribution in [3.8, 4) is 11.5 Å². The van der Waals surface area contributed by atoms with Crippen LogP contribution in [0, 0.1) is 0 Å². The number of aromatic nitrogens is 2. The van der Waals surface area contributed by atoms with Gasteiger partial charge in [0.2, 0.25) is 0 Å². The molecule has 34 heavy (non-hydrogen) atoms. The van der Waals surface area contributed by atoms with Crippen LogP contribution < -0.4 is 9.47 Å². The largest absolute Gasteiger partial charge is 0.493 e. The lowest BCUT2D eigenvalue weighted by Crippen LogP contribution is -2.30. The van der Waals surface area contributed by atoms with E-state index < -0.39 is 0 Å². The molecule has 0 radical (unpaired) electrons. The molecule has 0 spiro atoms. The monoisotopic (exact) mass is 461 g/mol. The molecule has 182 valence electrons. The van der Waals surface area contributed by atoms with Crippen molar-refractivity contribution in [3.63, 3.8) is 0 Å². The van der Waals surface area contributed by atoms with Crippen LogP contribution in [0.25, 0.3) is 11.0 Å². The van der Waals surface area contributed by atoms with Gasteiger partial charge in [-0.3, -0.25) is 4.90 Å². The standard InChI is InChI=1S/C29H39N3O2/c1-4-13-24-16-17-27(28(22-24)33-3)34-21-12-11-20-32-26-15-8-7-14-25(26)30-29(32)23(2)31-18-9-5-6-10-19-31/h4,7-8,14-17,22-23H,1,5-6,9-13,18-21H2,2-3H3. The number of allylic oxidation sites excluding steroid dienone is 1. The Balaban J connectivity index is 1.39. The molecule has 5 nitrogen and oxygen atoms in total. The second-order valence-corrected chi connectivity index (χ2v) is 9.27. The summed E-state index contributed by atoms with van der Waals surface area (Å²) in [5.41, 5.74) is 3.51. The summed E-state index contributed by atoms with van der Waals surface area (Å²) in [6.07, 6.45) is 10.0. The highest BCUT2D eigenvalue weighted by molar-refractivity contribution is 5.76. The number of hydrogen-bond acceptors (Lipinski definition) is 4. The minimum absolute atomic E-state index is 0.333. The topological polar surface area (TPSA) is 39.5 Å². The summed E-state index contributed by atoms with van der Waals surface area (Å²) in [5, 5.41) is 0. The number of rotatable bonds is 11. The predicted molar refractivity (Wildman–Crippen MR) is 140 cm³/mol. The SMILES string of the molecule is C=CCc1ccc(OCCCCn2c(C(C)N3CCCCCC3)nc3ccccc32)c(OC)c1. The molecule has 4 rings (SSSR count). The third kappa shape index (κ3) is 5.82. The smallest absolute Gasteiger partial charge is 0.161 e. The molecular weight excluding hydrogens is 422 g/mol. The highest BCUT2D eigenvalue weighted by Gasteiger charge is 2.23. The maximum atomic E-state index is 6.07. The van der Waals surface area contributed by atoms with Gasteiger partial charge < -0.3 is 14.0 Å². The number of benzene rings is 2. The van der Waals surface area contributed by atoms with E-state index in [1.165, 1.54) is 55.7 Å². The van der Waals surface area contributed by atoms with Gasteiger partial charge in [0, 0.05) is 6.54 Å². The van der Waals surface area contributed by atoms with Gasteiger partial charge in [-0.25, -0.2) is 4.98 Å². The molecule has 0 aliphatic carbocycles. The summed E-state index contributed by atoms with van der Waals surface area (Å²) in [6.45, 7) is 10.1. The Labute approximate surface area is 204 Å². The van der Waals surface area contributed by atoms with Crippen LogP contribution in [-0.4, -0.2) is 41.3 Å². The van der Waals surface area contributed by atoms with Gasteiger partial charge in [-0.15, -0.1) is 6.58 Å². The summed E-state index contributed by atoms with van der Waals surface area (Å²) in [6, 6.07) is 15.0. The molecule has 1 saturated heterocycles. The molecule has 1 aromatic heterocycles. The number of likely N-dealkylation sites (tertiary alicyclic amines) is 1. The van der Waals surface area contributed by atoms with E-state index in [1.807, 2.05) is 18.2 Å². The maximum absolute atomic E-state index is 6.07. The average molecular weight is 462 g/mol. The van der Waals surface area contributed by atoms with Crippen molar-refractivity contribution >= 4 is 11.0 Å². The Kier molecular flexibility index (Phi) is 8.64. The number of para-hydroxylation sites is 2. The van der Waals surface area contributed by atoms with Gasteiger partial charge >= 0.3 is 0 Å². The van der Waals surface area contributed by atoms with Crippen molar-refractivity contribution in [1.29, 1.82) is 0 Å². The Morgan fingerprint density at radius 1 is 1.03 bits per heavy atom. The van der Waals surface area contributed by atoms with Crippen molar-refractivity contribution in [3.05, 3.63) is 66.5 Å². The maximum Gasteiger partial charge on any atom is 0.161 e. The molecule has 0 bridgehead atoms. The van der Waals surface area contributed by atoms with Gasteiger partial charge in [0.05, 0.1) is 30.8 Å². The van der Waals surface area contributed by atoms with E-state index in [2.05, 4.69) is 53.3 Å². The number of unbranched alkanes of at least 4 members (excludes halogenated alkanes) is 1. The lowest BCUT2D eigenvalue weighted by Gasteiger charge is -2.27. The summed E-state index contributed by atoms with van der Waals surface area (Å²) in [5.74, 6) is 2.79. The summed E-state index contributed by atoms with van der Waals surface area (Å²) >= 11 is 0. The van der Waals surface area contributed by atoms with Crippen LogP contribution in [0.2, 0.25) is 0 Å². The summed E-state index contributed by atoms with van der Waals surface area (Å²) < 4.78 is 14.0. The van der Waals surface area contributed by atoms with Crippen LogP contribution in [0.4, 0.5) is 0 Å². The fourth-order valence-electron chi connectivity index (χ4n) is 4.97. The third-order valence-electron chi connectivity index (χ3n) is 6.89. The highest BCUT2D eigenvalue weighted by atomic mass is 16.5. The first-order chi connectivity index (χ1) is 16.7. The number of hydrogen-bond donors (Lipinski definition) is 0. The fraction of sp³-hybridized carbons (Fsp3) is 0.483. The highest BCUT2D eigenvalue weighted by Crippen LogP contribution is 2.29. The Morgan fingerprint density at radius 2 is 1.82 bits per heavy atom. The van der Waals surface area contributed by atoms with Gasteiger partial charge in [0.15, 0.2) is 11.5 Å². The van der Waals surface area contributed by atoms with Crippen LogP contribution in [0.3, 0.4) is 0 Å².